The van der Waals surface area contributed by atoms with E-state index in [9.17, 15) is 34.9 Å². The van der Waals surface area contributed by atoms with E-state index >= 15 is 0 Å². The summed E-state index contributed by atoms with van der Waals surface area (Å²) in [6.07, 6.45) is -1.01. The summed E-state index contributed by atoms with van der Waals surface area (Å²) in [6, 6.07) is 3.66. The third kappa shape index (κ3) is 7.20. The zero-order valence-corrected chi connectivity index (χ0v) is 18.7. The summed E-state index contributed by atoms with van der Waals surface area (Å²) in [5.41, 5.74) is -1.21. The van der Waals surface area contributed by atoms with Gasteiger partial charge in [-0.3, -0.25) is 14.9 Å². The second-order valence-electron chi connectivity index (χ2n) is 6.56. The fourth-order valence-electron chi connectivity index (χ4n) is 2.75. The molecule has 12 heteroatoms. The van der Waals surface area contributed by atoms with Crippen LogP contribution in [0.5, 0.6) is 11.5 Å². The van der Waals surface area contributed by atoms with Crippen LogP contribution in [0.4, 0.5) is 10.5 Å². The molecule has 1 atom stereocenters. The van der Waals surface area contributed by atoms with Gasteiger partial charge in [-0.15, -0.1) is 0 Å². The van der Waals surface area contributed by atoms with E-state index in [1.54, 1.807) is 26.8 Å². The van der Waals surface area contributed by atoms with Gasteiger partial charge in [0.25, 0.3) is 5.91 Å². The Labute approximate surface area is 190 Å². The van der Waals surface area contributed by atoms with Crippen molar-refractivity contribution in [3.63, 3.8) is 0 Å². The molecular formula is C21H25N3O9. The normalized spacial score (nSPS) is 11.7. The number of hydrogen-bond acceptors (Lipinski definition) is 10. The van der Waals surface area contributed by atoms with Crippen LogP contribution in [-0.4, -0.2) is 59.3 Å². The molecule has 0 radical (unpaired) electrons. The van der Waals surface area contributed by atoms with Crippen LogP contribution in [0.15, 0.2) is 17.7 Å². The number of nitrogens with zero attached hydrogens (tertiary/aromatic N) is 3. The van der Waals surface area contributed by atoms with Gasteiger partial charge in [0.05, 0.1) is 12.0 Å². The van der Waals surface area contributed by atoms with Crippen molar-refractivity contribution in [3.05, 3.63) is 33.4 Å². The predicted octanol–water partition coefficient (Wildman–Crippen LogP) is 2.93. The van der Waals surface area contributed by atoms with Gasteiger partial charge in [0, 0.05) is 19.2 Å². The molecule has 0 aliphatic carbocycles. The lowest BCUT2D eigenvalue weighted by Crippen LogP contribution is -2.31. The number of phenols is 1. The van der Waals surface area contributed by atoms with Crippen LogP contribution in [0.25, 0.3) is 6.08 Å². The number of amides is 1. The van der Waals surface area contributed by atoms with Gasteiger partial charge in [0.2, 0.25) is 11.9 Å². The molecule has 1 unspecified atom stereocenters. The maximum Gasteiger partial charge on any atom is 0.514 e. The lowest BCUT2D eigenvalue weighted by Gasteiger charge is -2.17. The van der Waals surface area contributed by atoms with E-state index < -0.39 is 46.2 Å². The van der Waals surface area contributed by atoms with E-state index in [1.165, 1.54) is 4.90 Å². The third-order valence-electron chi connectivity index (χ3n) is 4.43. The molecule has 1 aromatic rings. The Morgan fingerprint density at radius 2 is 1.91 bits per heavy atom. The van der Waals surface area contributed by atoms with E-state index in [0.29, 0.717) is 19.5 Å². The van der Waals surface area contributed by atoms with E-state index in [1.807, 2.05) is 0 Å². The van der Waals surface area contributed by atoms with Crippen molar-refractivity contribution in [2.24, 2.45) is 0 Å². The van der Waals surface area contributed by atoms with Crippen molar-refractivity contribution < 1.29 is 38.6 Å². The first-order valence-electron chi connectivity index (χ1n) is 10.0. The zero-order chi connectivity index (χ0) is 25.1. The molecule has 0 aromatic heterocycles. The number of hydrogen-bond donors (Lipinski definition) is 1. The monoisotopic (exact) mass is 463 g/mol. The molecular weight excluding hydrogens is 438 g/mol. The average molecular weight is 463 g/mol. The fourth-order valence-corrected chi connectivity index (χ4v) is 2.75. The summed E-state index contributed by atoms with van der Waals surface area (Å²) >= 11 is 0. The molecule has 0 aliphatic heterocycles. The molecule has 0 saturated heterocycles. The molecule has 12 nitrogen and oxygen atoms in total. The van der Waals surface area contributed by atoms with Crippen LogP contribution >= 0.6 is 0 Å². The second-order valence-corrected chi connectivity index (χ2v) is 6.56. The highest BCUT2D eigenvalue weighted by Crippen LogP contribution is 2.38. The Bertz CT molecular complexity index is 978. The van der Waals surface area contributed by atoms with Crippen LogP contribution in [0.1, 0.15) is 39.2 Å². The number of methoxy groups -OCH3 is 1. The van der Waals surface area contributed by atoms with Gasteiger partial charge in [-0.1, -0.05) is 13.3 Å². The molecule has 1 N–H and O–H groups in total. The average Bonchev–Trinajstić information content (AvgIpc) is 2.78. The van der Waals surface area contributed by atoms with Crippen LogP contribution in [0, 0.1) is 21.4 Å². The van der Waals surface area contributed by atoms with Crippen molar-refractivity contribution in [1.82, 2.24) is 4.90 Å². The number of benzene rings is 1. The molecule has 1 amide bonds. The standard InChI is InChI=1S/C21H25N3O9/c1-5-8-16(20(27)31-4)32-21(28)33-17-11-13(10-15(18(17)25)24(29)30)9-14(12-22)19(26)23(6-2)7-3/h9-11,16,25H,5-8H2,1-4H3/b14-9+. The first-order valence-corrected chi connectivity index (χ1v) is 10.0. The Morgan fingerprint density at radius 3 is 2.39 bits per heavy atom. The highest BCUT2D eigenvalue weighted by molar-refractivity contribution is 6.01. The molecule has 1 aromatic carbocycles. The van der Waals surface area contributed by atoms with Gasteiger partial charge < -0.3 is 24.2 Å². The van der Waals surface area contributed by atoms with E-state index in [2.05, 4.69) is 4.74 Å². The van der Waals surface area contributed by atoms with Crippen LogP contribution in [-0.2, 0) is 19.1 Å². The number of nitriles is 1. The third-order valence-corrected chi connectivity index (χ3v) is 4.43. The lowest BCUT2D eigenvalue weighted by atomic mass is 10.1. The minimum Gasteiger partial charge on any atom is -0.499 e. The maximum absolute atomic E-state index is 12.5. The first kappa shape index (κ1) is 26.9. The van der Waals surface area contributed by atoms with E-state index in [4.69, 9.17) is 9.47 Å². The summed E-state index contributed by atoms with van der Waals surface area (Å²) in [5.74, 6) is -3.06. The van der Waals surface area contributed by atoms with Crippen molar-refractivity contribution in [2.45, 2.75) is 39.7 Å². The molecule has 0 spiro atoms. The number of ether oxygens (including phenoxy) is 3. The molecule has 178 valence electrons. The SMILES string of the molecule is CCCC(OC(=O)Oc1cc(/C=C(\C#N)C(=O)N(CC)CC)cc([N+](=O)[O-])c1O)C(=O)OC. The number of nitro benzene ring substituents is 1. The molecule has 33 heavy (non-hydrogen) atoms. The number of phenolic OH excluding ortho intramolecular Hbond substituents is 1. The summed E-state index contributed by atoms with van der Waals surface area (Å²) in [5, 5.41) is 30.9. The summed E-state index contributed by atoms with van der Waals surface area (Å²) in [6.45, 7) is 5.85. The molecule has 0 heterocycles. The Morgan fingerprint density at radius 1 is 1.27 bits per heavy atom. The number of esters is 1. The first-order chi connectivity index (χ1) is 15.6. The minimum absolute atomic E-state index is 0.0579. The van der Waals surface area contributed by atoms with E-state index in [0.717, 1.165) is 25.3 Å². The smallest absolute Gasteiger partial charge is 0.499 e. The van der Waals surface area contributed by atoms with Crippen molar-refractivity contribution >= 4 is 29.8 Å². The quantitative estimate of drug-likeness (QED) is 0.136. The van der Waals surface area contributed by atoms with Gasteiger partial charge >= 0.3 is 17.8 Å². The molecule has 1 rings (SSSR count). The van der Waals surface area contributed by atoms with Gasteiger partial charge in [-0.25, -0.2) is 9.59 Å². The topological polar surface area (TPSA) is 169 Å². The van der Waals surface area contributed by atoms with Gasteiger partial charge in [-0.2, -0.15) is 5.26 Å². The molecule has 0 saturated carbocycles. The van der Waals surface area contributed by atoms with Crippen molar-refractivity contribution in [1.29, 1.82) is 5.26 Å². The summed E-state index contributed by atoms with van der Waals surface area (Å²) < 4.78 is 14.3. The number of nitro groups is 1. The largest absolute Gasteiger partial charge is 0.514 e. The molecule has 0 aliphatic rings. The number of carbonyl (C=O) groups is 3. The second kappa shape index (κ2) is 12.7. The van der Waals surface area contributed by atoms with Gasteiger partial charge in [0.15, 0.2) is 5.75 Å². The number of likely N-dealkylation sites (N-methyl/N-ethyl adjacent to an activating group) is 1. The van der Waals surface area contributed by atoms with Crippen molar-refractivity contribution in [3.8, 4) is 17.6 Å². The van der Waals surface area contributed by atoms with Crippen molar-refractivity contribution in [2.75, 3.05) is 20.2 Å². The number of rotatable bonds is 10. The zero-order valence-electron chi connectivity index (χ0n) is 18.7. The Balaban J connectivity index is 3.36. The number of aromatic hydroxyl groups is 1. The van der Waals surface area contributed by atoms with Gasteiger partial charge in [0.1, 0.15) is 11.6 Å². The fraction of sp³-hybridized carbons (Fsp3) is 0.429. The minimum atomic E-state index is -1.41. The van der Waals surface area contributed by atoms with Crippen LogP contribution in [0.3, 0.4) is 0 Å². The van der Waals surface area contributed by atoms with E-state index in [-0.39, 0.29) is 17.6 Å². The molecule has 0 fully saturated rings. The Kier molecular flexibility index (Phi) is 10.3. The molecule has 0 bridgehead atoms. The summed E-state index contributed by atoms with van der Waals surface area (Å²) in [7, 11) is 1.11. The Hall–Kier alpha value is -4.14. The highest BCUT2D eigenvalue weighted by Gasteiger charge is 2.27. The maximum atomic E-state index is 12.5. The number of carbonyl (C=O) groups excluding carboxylic acids is 3. The predicted molar refractivity (Wildman–Crippen MR) is 114 cm³/mol. The van der Waals surface area contributed by atoms with Crippen LogP contribution in [0.2, 0.25) is 0 Å². The summed E-state index contributed by atoms with van der Waals surface area (Å²) in [4.78, 5) is 48.1. The lowest BCUT2D eigenvalue weighted by molar-refractivity contribution is -0.385. The van der Waals surface area contributed by atoms with Gasteiger partial charge in [-0.05, 0) is 38.0 Å². The highest BCUT2D eigenvalue weighted by atomic mass is 16.7. The van der Waals surface area contributed by atoms with Crippen LogP contribution < -0.4 is 4.74 Å².